The Balaban J connectivity index is 1.82. The van der Waals surface area contributed by atoms with E-state index in [1.54, 1.807) is 6.92 Å². The van der Waals surface area contributed by atoms with Crippen LogP contribution in [-0.4, -0.2) is 39.9 Å². The lowest BCUT2D eigenvalue weighted by Gasteiger charge is -2.23. The van der Waals surface area contributed by atoms with Crippen LogP contribution in [0.4, 0.5) is 15.8 Å². The van der Waals surface area contributed by atoms with Crippen LogP contribution in [0.5, 0.6) is 0 Å². The predicted octanol–water partition coefficient (Wildman–Crippen LogP) is 3.35. The number of anilines is 2. The zero-order chi connectivity index (χ0) is 24.6. The van der Waals surface area contributed by atoms with Crippen LogP contribution in [0, 0.1) is 12.7 Å². The summed E-state index contributed by atoms with van der Waals surface area (Å²) in [6, 6.07) is 13.5. The minimum Gasteiger partial charge on any atom is -0.465 e. The molecule has 174 valence electrons. The fourth-order valence-electron chi connectivity index (χ4n) is 3.62. The molecule has 4 rings (SSSR count). The molecule has 1 aliphatic heterocycles. The number of aryl methyl sites for hydroxylation is 1. The van der Waals surface area contributed by atoms with Gasteiger partial charge in [0, 0.05) is 5.69 Å². The Labute approximate surface area is 194 Å². The third-order valence-electron chi connectivity index (χ3n) is 5.37. The summed E-state index contributed by atoms with van der Waals surface area (Å²) >= 11 is 0. The second-order valence-corrected chi connectivity index (χ2v) is 9.46. The highest BCUT2D eigenvalue weighted by Gasteiger charge is 2.36. The molecule has 0 unspecified atom stereocenters. The zero-order valence-corrected chi connectivity index (χ0v) is 19.0. The van der Waals surface area contributed by atoms with Gasteiger partial charge in [-0.05, 0) is 55.0 Å². The Morgan fingerprint density at radius 1 is 1.03 bits per heavy atom. The van der Waals surface area contributed by atoms with Crippen LogP contribution in [-0.2, 0) is 19.4 Å². The number of benzene rings is 3. The normalized spacial score (nSPS) is 14.0. The number of halogens is 1. The average molecular weight is 482 g/mol. The Bertz CT molecular complexity index is 1450. The van der Waals surface area contributed by atoms with Gasteiger partial charge >= 0.3 is 5.97 Å². The van der Waals surface area contributed by atoms with Gasteiger partial charge in [0.2, 0.25) is 15.7 Å². The van der Waals surface area contributed by atoms with Gasteiger partial charge in [0.05, 0.1) is 33.7 Å². The fraction of sp³-hybridized carbons (Fsp3) is 0.125. The molecule has 0 aliphatic carbocycles. The molecule has 3 aromatic carbocycles. The second-order valence-electron chi connectivity index (χ2n) is 7.58. The lowest BCUT2D eigenvalue weighted by Crippen LogP contribution is -2.38. The first kappa shape index (κ1) is 23.1. The second kappa shape index (κ2) is 8.71. The third kappa shape index (κ3) is 4.03. The molecule has 10 heteroatoms. The van der Waals surface area contributed by atoms with Gasteiger partial charge in [-0.15, -0.1) is 0 Å². The summed E-state index contributed by atoms with van der Waals surface area (Å²) in [5.74, 6) is -2.70. The van der Waals surface area contributed by atoms with Crippen LogP contribution in [0.15, 0.2) is 70.5 Å². The molecule has 0 atom stereocenters. The number of nitrogens with one attached hydrogen (secondary N) is 1. The molecule has 3 aromatic rings. The van der Waals surface area contributed by atoms with E-state index in [2.05, 4.69) is 5.32 Å². The number of sulfone groups is 1. The number of carbonyl (C=O) groups excluding carboxylic acids is 3. The summed E-state index contributed by atoms with van der Waals surface area (Å²) in [5.41, 5.74) is 0.307. The summed E-state index contributed by atoms with van der Waals surface area (Å²) in [7, 11) is -2.99. The number of methoxy groups -OCH3 is 1. The molecule has 0 spiro atoms. The van der Waals surface area contributed by atoms with Crippen molar-refractivity contribution < 1.29 is 31.9 Å². The van der Waals surface area contributed by atoms with E-state index in [0.29, 0.717) is 5.56 Å². The van der Waals surface area contributed by atoms with Crippen LogP contribution in [0.1, 0.15) is 26.3 Å². The summed E-state index contributed by atoms with van der Waals surface area (Å²) in [4.78, 5) is 38.9. The predicted molar refractivity (Wildman–Crippen MR) is 121 cm³/mol. The molecule has 34 heavy (non-hydrogen) atoms. The van der Waals surface area contributed by atoms with Gasteiger partial charge in [-0.1, -0.05) is 18.2 Å². The Morgan fingerprint density at radius 3 is 2.47 bits per heavy atom. The maximum Gasteiger partial charge on any atom is 0.337 e. The van der Waals surface area contributed by atoms with Crippen molar-refractivity contribution >= 4 is 39.0 Å². The van der Waals surface area contributed by atoms with Crippen LogP contribution >= 0.6 is 0 Å². The largest absolute Gasteiger partial charge is 0.465 e. The molecule has 0 aromatic heterocycles. The molecule has 0 saturated heterocycles. The molecule has 0 saturated carbocycles. The van der Waals surface area contributed by atoms with E-state index in [9.17, 15) is 27.2 Å². The van der Waals surface area contributed by atoms with Crippen molar-refractivity contribution in [3.05, 3.63) is 83.2 Å². The van der Waals surface area contributed by atoms with Gasteiger partial charge in [0.15, 0.2) is 0 Å². The van der Waals surface area contributed by atoms with Crippen molar-refractivity contribution in [1.82, 2.24) is 0 Å². The summed E-state index contributed by atoms with van der Waals surface area (Å²) in [5, 5.41) is 2.51. The molecule has 0 radical (unpaired) electrons. The van der Waals surface area contributed by atoms with Crippen molar-refractivity contribution in [2.75, 3.05) is 23.9 Å². The lowest BCUT2D eigenvalue weighted by molar-refractivity contribution is -0.114. The number of carbonyl (C=O) groups is 3. The molecule has 2 amide bonds. The lowest BCUT2D eigenvalue weighted by atomic mass is 10.1. The Hall–Kier alpha value is -4.05. The smallest absolute Gasteiger partial charge is 0.337 e. The molecule has 1 heterocycles. The molecule has 1 N–H and O–H groups in total. The van der Waals surface area contributed by atoms with Crippen LogP contribution in [0.3, 0.4) is 0 Å². The molecule has 8 nitrogen and oxygen atoms in total. The standard InChI is InChI=1S/C24H19FN2O6S/c1-14-7-9-16(12-18(14)25)26-22(28)13-27-19-11-15(24(30)33-2)8-10-21(19)34(31,32)20-6-4-3-5-17(20)23(27)29/h3-12H,13H2,1-2H3,(H,26,28). The van der Waals surface area contributed by atoms with Gasteiger partial charge in [-0.25, -0.2) is 17.6 Å². The zero-order valence-electron chi connectivity index (χ0n) is 18.2. The third-order valence-corrected chi connectivity index (χ3v) is 7.23. The van der Waals surface area contributed by atoms with E-state index in [0.717, 1.165) is 18.1 Å². The first-order valence-corrected chi connectivity index (χ1v) is 11.6. The molecular formula is C24H19FN2O6S. The number of rotatable bonds is 4. The van der Waals surface area contributed by atoms with E-state index in [-0.39, 0.29) is 32.3 Å². The van der Waals surface area contributed by atoms with Crippen LogP contribution in [0.25, 0.3) is 0 Å². The van der Waals surface area contributed by atoms with E-state index < -0.39 is 40.0 Å². The number of fused-ring (bicyclic) bond motifs is 2. The van der Waals surface area contributed by atoms with E-state index in [1.165, 1.54) is 54.6 Å². The highest BCUT2D eigenvalue weighted by atomic mass is 32.2. The first-order valence-electron chi connectivity index (χ1n) is 10.1. The van der Waals surface area contributed by atoms with Gasteiger partial charge in [0.25, 0.3) is 5.91 Å². The average Bonchev–Trinajstić information content (AvgIpc) is 2.89. The minimum absolute atomic E-state index is 0.00113. The first-order chi connectivity index (χ1) is 16.1. The number of hydrogen-bond acceptors (Lipinski definition) is 6. The van der Waals surface area contributed by atoms with Crippen molar-refractivity contribution in [2.45, 2.75) is 16.7 Å². The van der Waals surface area contributed by atoms with Gasteiger partial charge in [-0.2, -0.15) is 0 Å². The fourth-order valence-corrected chi connectivity index (χ4v) is 5.25. The van der Waals surface area contributed by atoms with Crippen LogP contribution in [0.2, 0.25) is 0 Å². The highest BCUT2D eigenvalue weighted by Crippen LogP contribution is 2.37. The van der Waals surface area contributed by atoms with E-state index in [1.807, 2.05) is 0 Å². The highest BCUT2D eigenvalue weighted by molar-refractivity contribution is 7.91. The van der Waals surface area contributed by atoms with E-state index in [4.69, 9.17) is 4.74 Å². The van der Waals surface area contributed by atoms with Gasteiger partial charge in [-0.3, -0.25) is 14.5 Å². The van der Waals surface area contributed by atoms with E-state index >= 15 is 0 Å². The van der Waals surface area contributed by atoms with Gasteiger partial charge < -0.3 is 10.1 Å². The van der Waals surface area contributed by atoms with Crippen molar-refractivity contribution in [2.24, 2.45) is 0 Å². The van der Waals surface area contributed by atoms with Gasteiger partial charge in [0.1, 0.15) is 12.4 Å². The maximum absolute atomic E-state index is 13.9. The number of hydrogen-bond donors (Lipinski definition) is 1. The Kier molecular flexibility index (Phi) is 5.92. The quantitative estimate of drug-likeness (QED) is 0.571. The number of nitrogens with zero attached hydrogens (tertiary/aromatic N) is 1. The molecule has 0 fully saturated rings. The summed E-state index contributed by atoms with van der Waals surface area (Å²) in [6.07, 6.45) is 0. The van der Waals surface area contributed by atoms with Crippen molar-refractivity contribution in [3.63, 3.8) is 0 Å². The molecule has 1 aliphatic rings. The Morgan fingerprint density at radius 2 is 1.76 bits per heavy atom. The number of amides is 2. The maximum atomic E-state index is 13.9. The monoisotopic (exact) mass is 482 g/mol. The molecular weight excluding hydrogens is 463 g/mol. The van der Waals surface area contributed by atoms with Crippen molar-refractivity contribution in [3.8, 4) is 0 Å². The SMILES string of the molecule is COC(=O)c1ccc2c(c1)N(CC(=O)Nc1ccc(C)c(F)c1)C(=O)c1ccccc1S2(=O)=O. The number of esters is 1. The summed E-state index contributed by atoms with van der Waals surface area (Å²) in [6.45, 7) is 0.986. The van der Waals surface area contributed by atoms with Crippen LogP contribution < -0.4 is 10.2 Å². The number of ether oxygens (including phenoxy) is 1. The summed E-state index contributed by atoms with van der Waals surface area (Å²) < 4.78 is 45.3. The van der Waals surface area contributed by atoms with Crippen molar-refractivity contribution in [1.29, 1.82) is 0 Å². The topological polar surface area (TPSA) is 110 Å². The minimum atomic E-state index is -4.15. The molecule has 0 bridgehead atoms.